The third kappa shape index (κ3) is 4.27. The molecule has 0 heterocycles. The lowest BCUT2D eigenvalue weighted by molar-refractivity contribution is -0.386. The molecule has 0 saturated carbocycles. The van der Waals surface area contributed by atoms with Gasteiger partial charge in [0.15, 0.2) is 11.9 Å². The predicted octanol–water partition coefficient (Wildman–Crippen LogP) is 0.630. The second-order valence-electron chi connectivity index (χ2n) is 3.93. The Kier molecular flexibility index (Phi) is 5.35. The molecule has 1 atom stereocenters. The fourth-order valence-electron chi connectivity index (χ4n) is 1.37. The first-order valence-corrected chi connectivity index (χ1v) is 5.82. The lowest BCUT2D eigenvalue weighted by atomic mass is 10.2. The molecule has 21 heavy (non-hydrogen) atoms. The van der Waals surface area contributed by atoms with Crippen molar-refractivity contribution in [3.8, 4) is 5.75 Å². The van der Waals surface area contributed by atoms with Gasteiger partial charge in [-0.05, 0) is 19.1 Å². The lowest BCUT2D eigenvalue weighted by Crippen LogP contribution is -2.44. The SMILES string of the molecule is CNC(=O)NC(=O)[C@H](C)Oc1ccc(C=O)cc1[N+](=O)[O-]. The van der Waals surface area contributed by atoms with Gasteiger partial charge in [0.25, 0.3) is 5.91 Å². The number of nitrogens with one attached hydrogen (secondary N) is 2. The maximum absolute atomic E-state index is 11.6. The van der Waals surface area contributed by atoms with E-state index in [1.54, 1.807) is 0 Å². The van der Waals surface area contributed by atoms with Crippen molar-refractivity contribution in [1.29, 1.82) is 0 Å². The number of aldehydes is 1. The van der Waals surface area contributed by atoms with E-state index in [1.807, 2.05) is 5.32 Å². The number of carbonyl (C=O) groups excluding carboxylic acids is 3. The van der Waals surface area contributed by atoms with Gasteiger partial charge in [0.05, 0.1) is 4.92 Å². The monoisotopic (exact) mass is 295 g/mol. The summed E-state index contributed by atoms with van der Waals surface area (Å²) in [5, 5.41) is 15.1. The Balaban J connectivity index is 2.91. The Bertz CT molecular complexity index is 586. The van der Waals surface area contributed by atoms with Crippen LogP contribution in [0.15, 0.2) is 18.2 Å². The third-order valence-electron chi connectivity index (χ3n) is 2.45. The van der Waals surface area contributed by atoms with Gasteiger partial charge in [0.2, 0.25) is 0 Å². The van der Waals surface area contributed by atoms with Gasteiger partial charge in [-0.1, -0.05) is 0 Å². The number of nitro benzene ring substituents is 1. The van der Waals surface area contributed by atoms with Crippen LogP contribution < -0.4 is 15.4 Å². The molecule has 0 bridgehead atoms. The molecular formula is C12H13N3O6. The first kappa shape index (κ1) is 16.1. The standard InChI is InChI=1S/C12H13N3O6/c1-7(11(17)14-12(18)13-2)21-10-4-3-8(6-16)5-9(10)15(19)20/h3-7H,1-2H3,(H2,13,14,17,18)/t7-/m0/s1. The minimum absolute atomic E-state index is 0.108. The van der Waals surface area contributed by atoms with E-state index in [4.69, 9.17) is 4.74 Å². The van der Waals surface area contributed by atoms with Crippen molar-refractivity contribution in [3.63, 3.8) is 0 Å². The molecule has 0 aliphatic heterocycles. The number of nitro groups is 1. The summed E-state index contributed by atoms with van der Waals surface area (Å²) in [6.07, 6.45) is -0.679. The smallest absolute Gasteiger partial charge is 0.321 e. The fourth-order valence-corrected chi connectivity index (χ4v) is 1.37. The van der Waals surface area contributed by atoms with Crippen molar-refractivity contribution in [3.05, 3.63) is 33.9 Å². The molecule has 112 valence electrons. The minimum atomic E-state index is -1.14. The van der Waals surface area contributed by atoms with E-state index in [0.717, 1.165) is 6.07 Å². The van der Waals surface area contributed by atoms with Crippen LogP contribution in [0.5, 0.6) is 5.75 Å². The molecular weight excluding hydrogens is 282 g/mol. The fraction of sp³-hybridized carbons (Fsp3) is 0.250. The summed E-state index contributed by atoms with van der Waals surface area (Å²) in [6, 6.07) is 2.84. The number of imide groups is 1. The van der Waals surface area contributed by atoms with Crippen LogP contribution >= 0.6 is 0 Å². The molecule has 1 rings (SSSR count). The Morgan fingerprint density at radius 2 is 2.10 bits per heavy atom. The van der Waals surface area contributed by atoms with Gasteiger partial charge in [-0.25, -0.2) is 4.79 Å². The molecule has 0 aliphatic carbocycles. The molecule has 0 radical (unpaired) electrons. The van der Waals surface area contributed by atoms with E-state index < -0.39 is 28.7 Å². The largest absolute Gasteiger partial charge is 0.474 e. The Morgan fingerprint density at radius 3 is 2.62 bits per heavy atom. The minimum Gasteiger partial charge on any atom is -0.474 e. The molecule has 0 spiro atoms. The van der Waals surface area contributed by atoms with Crippen molar-refractivity contribution >= 4 is 23.9 Å². The zero-order valence-corrected chi connectivity index (χ0v) is 11.3. The van der Waals surface area contributed by atoms with Crippen molar-refractivity contribution in [2.45, 2.75) is 13.0 Å². The van der Waals surface area contributed by atoms with Crippen LogP contribution in [0.25, 0.3) is 0 Å². The molecule has 0 unspecified atom stereocenters. The summed E-state index contributed by atoms with van der Waals surface area (Å²) in [4.78, 5) is 43.4. The molecule has 0 aliphatic rings. The number of rotatable bonds is 5. The number of hydrogen-bond acceptors (Lipinski definition) is 6. The number of urea groups is 1. The second-order valence-corrected chi connectivity index (χ2v) is 3.93. The normalized spacial score (nSPS) is 11.1. The van der Waals surface area contributed by atoms with Crippen LogP contribution in [0.3, 0.4) is 0 Å². The number of hydrogen-bond donors (Lipinski definition) is 2. The van der Waals surface area contributed by atoms with Gasteiger partial charge < -0.3 is 10.1 Å². The van der Waals surface area contributed by atoms with Crippen LogP contribution in [-0.4, -0.2) is 36.3 Å². The second kappa shape index (κ2) is 6.98. The van der Waals surface area contributed by atoms with Crippen molar-refractivity contribution in [1.82, 2.24) is 10.6 Å². The quantitative estimate of drug-likeness (QED) is 0.466. The van der Waals surface area contributed by atoms with E-state index in [9.17, 15) is 24.5 Å². The van der Waals surface area contributed by atoms with Crippen molar-refractivity contribution in [2.75, 3.05) is 7.05 Å². The summed E-state index contributed by atoms with van der Waals surface area (Å²) < 4.78 is 5.16. The van der Waals surface area contributed by atoms with Crippen LogP contribution in [0.1, 0.15) is 17.3 Å². The van der Waals surface area contributed by atoms with Gasteiger partial charge in [0.1, 0.15) is 6.29 Å². The molecule has 0 fully saturated rings. The highest BCUT2D eigenvalue weighted by molar-refractivity contribution is 5.96. The van der Waals surface area contributed by atoms with Gasteiger partial charge in [0, 0.05) is 18.7 Å². The first-order chi connectivity index (χ1) is 9.88. The van der Waals surface area contributed by atoms with Crippen molar-refractivity contribution in [2.24, 2.45) is 0 Å². The number of nitrogens with zero attached hydrogens (tertiary/aromatic N) is 1. The van der Waals surface area contributed by atoms with E-state index in [1.165, 1.54) is 26.1 Å². The zero-order valence-electron chi connectivity index (χ0n) is 11.3. The molecule has 9 heteroatoms. The summed E-state index contributed by atoms with van der Waals surface area (Å²) in [6.45, 7) is 1.33. The number of benzene rings is 1. The van der Waals surface area contributed by atoms with Crippen LogP contribution in [-0.2, 0) is 4.79 Å². The lowest BCUT2D eigenvalue weighted by Gasteiger charge is -2.14. The van der Waals surface area contributed by atoms with E-state index in [2.05, 4.69) is 5.32 Å². The van der Waals surface area contributed by atoms with Gasteiger partial charge in [-0.15, -0.1) is 0 Å². The van der Waals surface area contributed by atoms with Gasteiger partial charge >= 0.3 is 11.7 Å². The number of ether oxygens (including phenoxy) is 1. The Labute approximate surface area is 119 Å². The molecule has 0 aromatic heterocycles. The summed E-state index contributed by atoms with van der Waals surface area (Å²) in [5.74, 6) is -0.937. The maximum Gasteiger partial charge on any atom is 0.321 e. The predicted molar refractivity (Wildman–Crippen MR) is 71.2 cm³/mol. The number of amides is 3. The molecule has 1 aromatic rings. The van der Waals surface area contributed by atoms with E-state index in [-0.39, 0.29) is 11.3 Å². The maximum atomic E-state index is 11.6. The van der Waals surface area contributed by atoms with Crippen LogP contribution in [0.2, 0.25) is 0 Å². The average molecular weight is 295 g/mol. The van der Waals surface area contributed by atoms with Gasteiger partial charge in [-0.3, -0.25) is 25.0 Å². The molecule has 3 amide bonds. The summed E-state index contributed by atoms with van der Waals surface area (Å²) in [5.41, 5.74) is -0.337. The molecule has 1 aromatic carbocycles. The third-order valence-corrected chi connectivity index (χ3v) is 2.45. The van der Waals surface area contributed by atoms with E-state index in [0.29, 0.717) is 6.29 Å². The Morgan fingerprint density at radius 1 is 1.43 bits per heavy atom. The summed E-state index contributed by atoms with van der Waals surface area (Å²) >= 11 is 0. The number of carbonyl (C=O) groups is 3. The Hall–Kier alpha value is -2.97. The highest BCUT2D eigenvalue weighted by Crippen LogP contribution is 2.28. The van der Waals surface area contributed by atoms with E-state index >= 15 is 0 Å². The van der Waals surface area contributed by atoms with Gasteiger partial charge in [-0.2, -0.15) is 0 Å². The van der Waals surface area contributed by atoms with Crippen LogP contribution in [0, 0.1) is 10.1 Å². The first-order valence-electron chi connectivity index (χ1n) is 5.82. The average Bonchev–Trinajstić information content (AvgIpc) is 2.46. The zero-order chi connectivity index (χ0) is 16.0. The molecule has 0 saturated heterocycles. The topological polar surface area (TPSA) is 128 Å². The highest BCUT2D eigenvalue weighted by atomic mass is 16.6. The van der Waals surface area contributed by atoms with Crippen molar-refractivity contribution < 1.29 is 24.0 Å². The summed E-state index contributed by atoms with van der Waals surface area (Å²) in [7, 11) is 1.33. The molecule has 9 nitrogen and oxygen atoms in total. The molecule has 2 N–H and O–H groups in total. The van der Waals surface area contributed by atoms with Crippen LogP contribution in [0.4, 0.5) is 10.5 Å². The highest BCUT2D eigenvalue weighted by Gasteiger charge is 2.22.